The largest absolute Gasteiger partial charge is 0.381 e. The lowest BCUT2D eigenvalue weighted by Gasteiger charge is -2.41. The van der Waals surface area contributed by atoms with Crippen molar-refractivity contribution in [2.24, 2.45) is 5.92 Å². The Bertz CT molecular complexity index is 352. The second-order valence-corrected chi connectivity index (χ2v) is 7.44. The van der Waals surface area contributed by atoms with Crippen molar-refractivity contribution in [1.29, 1.82) is 0 Å². The van der Waals surface area contributed by atoms with Crippen LogP contribution < -0.4 is 0 Å². The van der Waals surface area contributed by atoms with Gasteiger partial charge in [0.1, 0.15) is 0 Å². The van der Waals surface area contributed by atoms with Crippen LogP contribution in [-0.4, -0.2) is 61.1 Å². The number of nitrogens with zero attached hydrogens (tertiary/aromatic N) is 2. The van der Waals surface area contributed by atoms with Crippen LogP contribution in [0, 0.1) is 5.92 Å². The first-order valence-electron chi connectivity index (χ1n) is 9.31. The Morgan fingerprint density at radius 2 is 1.59 bits per heavy atom. The predicted molar refractivity (Wildman–Crippen MR) is 87.8 cm³/mol. The number of carbonyl (C=O) groups excluding carboxylic acids is 1. The van der Waals surface area contributed by atoms with Crippen LogP contribution in [0.4, 0.5) is 0 Å². The third kappa shape index (κ3) is 4.02. The summed E-state index contributed by atoms with van der Waals surface area (Å²) < 4.78 is 5.46. The van der Waals surface area contributed by atoms with E-state index in [4.69, 9.17) is 4.74 Å². The molecular formula is C18H32N2O2. The fourth-order valence-electron chi connectivity index (χ4n) is 4.55. The van der Waals surface area contributed by atoms with E-state index < -0.39 is 0 Å². The Morgan fingerprint density at radius 3 is 2.18 bits per heavy atom. The summed E-state index contributed by atoms with van der Waals surface area (Å²) in [4.78, 5) is 17.2. The number of hydrogen-bond donors (Lipinski definition) is 0. The standard InChI is InChI=1S/C18H32N2O2/c1-22-17-8-12-19(13-9-17)16-6-10-20(11-7-16)18(21)14-15-4-2-3-5-15/h15-17H,2-14H2,1H3. The molecule has 0 radical (unpaired) electrons. The van der Waals surface area contributed by atoms with Crippen molar-refractivity contribution < 1.29 is 9.53 Å². The molecule has 1 aliphatic carbocycles. The minimum absolute atomic E-state index is 0.420. The summed E-state index contributed by atoms with van der Waals surface area (Å²) >= 11 is 0. The summed E-state index contributed by atoms with van der Waals surface area (Å²) in [5.74, 6) is 1.10. The summed E-state index contributed by atoms with van der Waals surface area (Å²) in [6, 6.07) is 0.688. The summed E-state index contributed by atoms with van der Waals surface area (Å²) in [5, 5.41) is 0. The second-order valence-electron chi connectivity index (χ2n) is 7.44. The quantitative estimate of drug-likeness (QED) is 0.800. The number of methoxy groups -OCH3 is 1. The molecule has 3 rings (SSSR count). The molecule has 22 heavy (non-hydrogen) atoms. The van der Waals surface area contributed by atoms with Crippen LogP contribution in [0.5, 0.6) is 0 Å². The Kier molecular flexibility index (Phi) is 5.75. The predicted octanol–water partition coefficient (Wildman–Crippen LogP) is 2.67. The molecule has 3 aliphatic rings. The molecule has 1 amide bonds. The number of likely N-dealkylation sites (tertiary alicyclic amines) is 2. The molecule has 4 nitrogen and oxygen atoms in total. The Morgan fingerprint density at radius 1 is 0.955 bits per heavy atom. The number of ether oxygens (including phenoxy) is 1. The minimum atomic E-state index is 0.420. The molecule has 0 N–H and O–H groups in total. The molecule has 0 spiro atoms. The summed E-state index contributed by atoms with van der Waals surface area (Å²) in [6.45, 7) is 4.28. The van der Waals surface area contributed by atoms with Crippen LogP contribution in [0.1, 0.15) is 57.8 Å². The summed E-state index contributed by atoms with van der Waals surface area (Å²) in [6.07, 6.45) is 11.1. The van der Waals surface area contributed by atoms with Crippen molar-refractivity contribution in [3.63, 3.8) is 0 Å². The Labute approximate surface area is 135 Å². The lowest BCUT2D eigenvalue weighted by Crippen LogP contribution is -2.49. The first-order valence-corrected chi connectivity index (χ1v) is 9.31. The molecule has 3 fully saturated rings. The molecule has 2 saturated heterocycles. The monoisotopic (exact) mass is 308 g/mol. The first kappa shape index (κ1) is 16.3. The number of carbonyl (C=O) groups is 1. The van der Waals surface area contributed by atoms with Crippen molar-refractivity contribution in [3.8, 4) is 0 Å². The van der Waals surface area contributed by atoms with Gasteiger partial charge >= 0.3 is 0 Å². The maximum atomic E-state index is 12.4. The highest BCUT2D eigenvalue weighted by Crippen LogP contribution is 2.29. The van der Waals surface area contributed by atoms with Crippen LogP contribution >= 0.6 is 0 Å². The van der Waals surface area contributed by atoms with Crippen LogP contribution in [-0.2, 0) is 9.53 Å². The van der Waals surface area contributed by atoms with E-state index in [-0.39, 0.29) is 0 Å². The van der Waals surface area contributed by atoms with Crippen molar-refractivity contribution in [3.05, 3.63) is 0 Å². The fourth-order valence-corrected chi connectivity index (χ4v) is 4.55. The van der Waals surface area contributed by atoms with Gasteiger partial charge in [0.15, 0.2) is 0 Å². The zero-order chi connectivity index (χ0) is 15.4. The molecule has 126 valence electrons. The van der Waals surface area contributed by atoms with E-state index in [1.807, 2.05) is 7.11 Å². The number of amides is 1. The van der Waals surface area contributed by atoms with Gasteiger partial charge in [-0.15, -0.1) is 0 Å². The average molecular weight is 308 g/mol. The van der Waals surface area contributed by atoms with Crippen LogP contribution in [0.2, 0.25) is 0 Å². The fraction of sp³-hybridized carbons (Fsp3) is 0.944. The molecule has 4 heteroatoms. The highest BCUT2D eigenvalue weighted by atomic mass is 16.5. The van der Waals surface area contributed by atoms with Gasteiger partial charge in [-0.1, -0.05) is 12.8 Å². The van der Waals surface area contributed by atoms with E-state index in [2.05, 4.69) is 9.80 Å². The Balaban J connectivity index is 1.39. The molecule has 1 saturated carbocycles. The second kappa shape index (κ2) is 7.78. The van der Waals surface area contributed by atoms with Gasteiger partial charge in [0.05, 0.1) is 6.10 Å². The van der Waals surface area contributed by atoms with E-state index >= 15 is 0 Å². The van der Waals surface area contributed by atoms with Crippen molar-refractivity contribution in [1.82, 2.24) is 9.80 Å². The van der Waals surface area contributed by atoms with Gasteiger partial charge in [0.25, 0.3) is 0 Å². The third-order valence-corrected chi connectivity index (χ3v) is 6.08. The lowest BCUT2D eigenvalue weighted by molar-refractivity contribution is -0.133. The van der Waals surface area contributed by atoms with Gasteiger partial charge in [-0.05, 0) is 44.4 Å². The number of piperidine rings is 2. The van der Waals surface area contributed by atoms with E-state index in [1.54, 1.807) is 0 Å². The van der Waals surface area contributed by atoms with Crippen molar-refractivity contribution in [2.45, 2.75) is 69.9 Å². The normalized spacial score (nSPS) is 26.7. The molecule has 0 atom stereocenters. The molecule has 0 aromatic rings. The zero-order valence-electron chi connectivity index (χ0n) is 14.1. The first-order chi connectivity index (χ1) is 10.8. The smallest absolute Gasteiger partial charge is 0.222 e. The summed E-state index contributed by atoms with van der Waals surface area (Å²) in [7, 11) is 1.83. The molecule has 2 aliphatic heterocycles. The van der Waals surface area contributed by atoms with E-state index in [0.717, 1.165) is 45.2 Å². The summed E-state index contributed by atoms with van der Waals surface area (Å²) in [5.41, 5.74) is 0. The third-order valence-electron chi connectivity index (χ3n) is 6.08. The minimum Gasteiger partial charge on any atom is -0.381 e. The topological polar surface area (TPSA) is 32.8 Å². The SMILES string of the molecule is COC1CCN(C2CCN(C(=O)CC3CCCC3)CC2)CC1. The van der Waals surface area contributed by atoms with E-state index in [9.17, 15) is 4.79 Å². The van der Waals surface area contributed by atoms with Gasteiger partial charge < -0.3 is 14.5 Å². The van der Waals surface area contributed by atoms with Crippen LogP contribution in [0.15, 0.2) is 0 Å². The van der Waals surface area contributed by atoms with Gasteiger partial charge in [-0.25, -0.2) is 0 Å². The molecule has 0 unspecified atom stereocenters. The van der Waals surface area contributed by atoms with Gasteiger partial charge in [0, 0.05) is 45.8 Å². The average Bonchev–Trinajstić information content (AvgIpc) is 3.08. The van der Waals surface area contributed by atoms with Gasteiger partial charge in [-0.3, -0.25) is 4.79 Å². The number of hydrogen-bond acceptors (Lipinski definition) is 3. The Hall–Kier alpha value is -0.610. The molecular weight excluding hydrogens is 276 g/mol. The van der Waals surface area contributed by atoms with E-state index in [0.29, 0.717) is 24.0 Å². The molecule has 2 heterocycles. The van der Waals surface area contributed by atoms with E-state index in [1.165, 1.54) is 38.8 Å². The highest BCUT2D eigenvalue weighted by Gasteiger charge is 2.30. The van der Waals surface area contributed by atoms with Gasteiger partial charge in [-0.2, -0.15) is 0 Å². The van der Waals surface area contributed by atoms with Crippen molar-refractivity contribution >= 4 is 5.91 Å². The zero-order valence-corrected chi connectivity index (χ0v) is 14.1. The molecule has 0 bridgehead atoms. The maximum Gasteiger partial charge on any atom is 0.222 e. The lowest BCUT2D eigenvalue weighted by atomic mass is 9.97. The number of rotatable bonds is 4. The maximum absolute atomic E-state index is 12.4. The molecule has 0 aromatic carbocycles. The highest BCUT2D eigenvalue weighted by molar-refractivity contribution is 5.76. The molecule has 0 aromatic heterocycles. The van der Waals surface area contributed by atoms with Crippen LogP contribution in [0.3, 0.4) is 0 Å². The van der Waals surface area contributed by atoms with Crippen LogP contribution in [0.25, 0.3) is 0 Å². The van der Waals surface area contributed by atoms with Gasteiger partial charge in [0.2, 0.25) is 5.91 Å². The van der Waals surface area contributed by atoms with Crippen molar-refractivity contribution in [2.75, 3.05) is 33.3 Å².